The van der Waals surface area contributed by atoms with Crippen LogP contribution in [0.5, 0.6) is 0 Å². The zero-order valence-corrected chi connectivity index (χ0v) is 9.84. The van der Waals surface area contributed by atoms with Gasteiger partial charge in [0.1, 0.15) is 5.82 Å². The number of aromatic nitrogens is 1. The molecule has 0 atom stereocenters. The summed E-state index contributed by atoms with van der Waals surface area (Å²) in [5, 5.41) is 2.84. The fraction of sp³-hybridized carbons (Fsp3) is 0.0769. The Balaban J connectivity index is 2.26. The summed E-state index contributed by atoms with van der Waals surface area (Å²) in [5.41, 5.74) is 7.79. The van der Waals surface area contributed by atoms with Crippen LogP contribution in [0.2, 0.25) is 0 Å². The number of nitrogens with one attached hydrogen (secondary N) is 1. The molecular weight excluding hydrogens is 228 g/mol. The minimum absolute atomic E-state index is 0.136. The van der Waals surface area contributed by atoms with Gasteiger partial charge < -0.3 is 16.0 Å². The average molecular weight is 240 g/mol. The molecule has 1 aliphatic rings. The van der Waals surface area contributed by atoms with Crippen LogP contribution < -0.4 is 16.0 Å². The van der Waals surface area contributed by atoms with Crippen molar-refractivity contribution in [3.63, 3.8) is 0 Å². The van der Waals surface area contributed by atoms with Crippen molar-refractivity contribution < 1.29 is 4.79 Å². The van der Waals surface area contributed by atoms with Gasteiger partial charge >= 0.3 is 0 Å². The molecule has 0 unspecified atom stereocenters. The fourth-order valence-electron chi connectivity index (χ4n) is 2.08. The first-order valence-corrected chi connectivity index (χ1v) is 5.57. The molecule has 0 spiro atoms. The number of fused-ring (bicyclic) bond motifs is 2. The summed E-state index contributed by atoms with van der Waals surface area (Å²) in [6.07, 6.45) is 0. The van der Waals surface area contributed by atoms with Crippen molar-refractivity contribution in [2.45, 2.75) is 0 Å². The van der Waals surface area contributed by atoms with E-state index >= 15 is 0 Å². The molecule has 0 bridgehead atoms. The van der Waals surface area contributed by atoms with Crippen LogP contribution in [0.4, 0.5) is 23.0 Å². The number of benzene rings is 1. The number of nitrogen functional groups attached to an aromatic ring is 1. The molecule has 0 aliphatic carbocycles. The number of amides is 1. The number of pyridine rings is 1. The first-order chi connectivity index (χ1) is 8.66. The Labute approximate surface area is 104 Å². The second kappa shape index (κ2) is 3.73. The van der Waals surface area contributed by atoms with E-state index in [0.29, 0.717) is 22.9 Å². The van der Waals surface area contributed by atoms with Gasteiger partial charge in [0.2, 0.25) is 0 Å². The van der Waals surface area contributed by atoms with Crippen LogP contribution in [0, 0.1) is 0 Å². The lowest BCUT2D eigenvalue weighted by Gasteiger charge is -2.19. The van der Waals surface area contributed by atoms with Gasteiger partial charge in [0.15, 0.2) is 5.82 Å². The molecule has 3 N–H and O–H groups in total. The second-order valence-corrected chi connectivity index (χ2v) is 4.14. The summed E-state index contributed by atoms with van der Waals surface area (Å²) in [5.74, 6) is 0.935. The van der Waals surface area contributed by atoms with Crippen LogP contribution in [0.3, 0.4) is 0 Å². The Morgan fingerprint density at radius 3 is 2.83 bits per heavy atom. The smallest absolute Gasteiger partial charge is 0.257 e. The van der Waals surface area contributed by atoms with E-state index in [4.69, 9.17) is 5.73 Å². The monoisotopic (exact) mass is 240 g/mol. The predicted molar refractivity (Wildman–Crippen MR) is 71.1 cm³/mol. The highest BCUT2D eigenvalue weighted by atomic mass is 16.1. The van der Waals surface area contributed by atoms with Crippen molar-refractivity contribution in [3.8, 4) is 0 Å². The van der Waals surface area contributed by atoms with Gasteiger partial charge in [0.25, 0.3) is 5.91 Å². The molecule has 2 heterocycles. The Hall–Kier alpha value is -2.56. The zero-order valence-electron chi connectivity index (χ0n) is 9.84. The normalized spacial score (nSPS) is 13.4. The van der Waals surface area contributed by atoms with Gasteiger partial charge in [0.05, 0.1) is 16.9 Å². The third-order valence-corrected chi connectivity index (χ3v) is 2.97. The summed E-state index contributed by atoms with van der Waals surface area (Å²) in [7, 11) is 1.87. The zero-order chi connectivity index (χ0) is 12.7. The first-order valence-electron chi connectivity index (χ1n) is 5.57. The van der Waals surface area contributed by atoms with Crippen LogP contribution in [0.15, 0.2) is 36.4 Å². The number of carbonyl (C=O) groups is 1. The maximum Gasteiger partial charge on any atom is 0.257 e. The molecule has 1 amide bonds. The lowest BCUT2D eigenvalue weighted by Crippen LogP contribution is -2.13. The van der Waals surface area contributed by atoms with Crippen LogP contribution >= 0.6 is 0 Å². The molecule has 18 heavy (non-hydrogen) atoms. The Bertz CT molecular complexity index is 639. The maximum atomic E-state index is 12.1. The summed E-state index contributed by atoms with van der Waals surface area (Å²) in [6, 6.07) is 10.8. The number of hydrogen-bond acceptors (Lipinski definition) is 4. The van der Waals surface area contributed by atoms with Gasteiger partial charge in [0, 0.05) is 7.05 Å². The molecule has 0 radical (unpaired) electrons. The minimum atomic E-state index is -0.136. The van der Waals surface area contributed by atoms with E-state index < -0.39 is 0 Å². The van der Waals surface area contributed by atoms with E-state index in [0.717, 1.165) is 5.69 Å². The third kappa shape index (κ3) is 1.48. The van der Waals surface area contributed by atoms with Crippen LogP contribution in [0.1, 0.15) is 10.4 Å². The molecule has 0 saturated carbocycles. The molecule has 0 fully saturated rings. The number of nitrogens with two attached hydrogens (primary N) is 1. The average Bonchev–Trinajstić information content (AvgIpc) is 2.48. The van der Waals surface area contributed by atoms with E-state index in [-0.39, 0.29) is 5.91 Å². The van der Waals surface area contributed by atoms with Crippen molar-refractivity contribution in [1.29, 1.82) is 0 Å². The molecule has 90 valence electrons. The maximum absolute atomic E-state index is 12.1. The van der Waals surface area contributed by atoms with E-state index in [1.165, 1.54) is 0 Å². The molecule has 5 nitrogen and oxygen atoms in total. The molecule has 1 aromatic heterocycles. The summed E-state index contributed by atoms with van der Waals surface area (Å²) >= 11 is 0. The minimum Gasteiger partial charge on any atom is -0.384 e. The van der Waals surface area contributed by atoms with Crippen LogP contribution in [-0.2, 0) is 0 Å². The van der Waals surface area contributed by atoms with Gasteiger partial charge in [-0.25, -0.2) is 4.98 Å². The number of carbonyl (C=O) groups excluding carboxylic acids is 1. The number of hydrogen-bond donors (Lipinski definition) is 2. The van der Waals surface area contributed by atoms with Crippen LogP contribution in [-0.4, -0.2) is 17.9 Å². The van der Waals surface area contributed by atoms with Gasteiger partial charge in [-0.1, -0.05) is 12.1 Å². The van der Waals surface area contributed by atoms with Crippen LogP contribution in [0.25, 0.3) is 0 Å². The SMILES string of the molecule is CN1c2ccccc2C(=O)Nc2ccc(N)nc21. The predicted octanol–water partition coefficient (Wildman–Crippen LogP) is 2.00. The highest BCUT2D eigenvalue weighted by Crippen LogP contribution is 2.35. The Morgan fingerprint density at radius 2 is 2.00 bits per heavy atom. The van der Waals surface area contributed by atoms with Gasteiger partial charge in [-0.15, -0.1) is 0 Å². The number of para-hydroxylation sites is 1. The first kappa shape index (κ1) is 10.6. The van der Waals surface area contributed by atoms with Crippen molar-refractivity contribution in [2.75, 3.05) is 23.0 Å². The highest BCUT2D eigenvalue weighted by Gasteiger charge is 2.23. The number of anilines is 4. The van der Waals surface area contributed by atoms with Gasteiger partial charge in [-0.05, 0) is 24.3 Å². The lowest BCUT2D eigenvalue weighted by atomic mass is 10.1. The highest BCUT2D eigenvalue weighted by molar-refractivity contribution is 6.12. The molecule has 5 heteroatoms. The van der Waals surface area contributed by atoms with E-state index in [2.05, 4.69) is 10.3 Å². The standard InChI is InChI=1S/C13H12N4O/c1-17-10-5-3-2-4-8(10)13(18)15-9-6-7-11(14)16-12(9)17/h2-7H,1H3,(H2,14,16)(H,15,18). The lowest BCUT2D eigenvalue weighted by molar-refractivity contribution is 0.102. The topological polar surface area (TPSA) is 71.2 Å². The number of nitrogens with zero attached hydrogens (tertiary/aromatic N) is 2. The van der Waals surface area contributed by atoms with E-state index in [1.807, 2.05) is 30.1 Å². The van der Waals surface area contributed by atoms with Crippen molar-refractivity contribution >= 4 is 28.9 Å². The summed E-state index contributed by atoms with van der Waals surface area (Å²) < 4.78 is 0. The quantitative estimate of drug-likeness (QED) is 0.738. The Kier molecular flexibility index (Phi) is 2.19. The van der Waals surface area contributed by atoms with Crippen molar-refractivity contribution in [3.05, 3.63) is 42.0 Å². The molecule has 3 rings (SSSR count). The molecule has 0 saturated heterocycles. The second-order valence-electron chi connectivity index (χ2n) is 4.14. The Morgan fingerprint density at radius 1 is 1.22 bits per heavy atom. The van der Waals surface area contributed by atoms with Crippen molar-refractivity contribution in [1.82, 2.24) is 4.98 Å². The molecule has 1 aliphatic heterocycles. The van der Waals surface area contributed by atoms with Crippen molar-refractivity contribution in [2.24, 2.45) is 0 Å². The summed E-state index contributed by atoms with van der Waals surface area (Å²) in [4.78, 5) is 18.2. The number of rotatable bonds is 0. The summed E-state index contributed by atoms with van der Waals surface area (Å²) in [6.45, 7) is 0. The molecule has 1 aromatic carbocycles. The molecular formula is C13H12N4O. The van der Waals surface area contributed by atoms with Gasteiger partial charge in [-0.3, -0.25) is 4.79 Å². The van der Waals surface area contributed by atoms with E-state index in [9.17, 15) is 4.79 Å². The fourth-order valence-corrected chi connectivity index (χ4v) is 2.08. The van der Waals surface area contributed by atoms with Gasteiger partial charge in [-0.2, -0.15) is 0 Å². The third-order valence-electron chi connectivity index (χ3n) is 2.97. The molecule has 2 aromatic rings. The largest absolute Gasteiger partial charge is 0.384 e. The van der Waals surface area contributed by atoms with E-state index in [1.54, 1.807) is 18.2 Å².